The number of hydrogen-bond donors (Lipinski definition) is 2. The zero-order valence-corrected chi connectivity index (χ0v) is 8.47. The van der Waals surface area contributed by atoms with Crippen LogP contribution >= 0.6 is 0 Å². The average Bonchev–Trinajstić information content (AvgIpc) is 2.08. The van der Waals surface area contributed by atoms with Gasteiger partial charge in [0.25, 0.3) is 0 Å². The Morgan fingerprint density at radius 1 is 1.46 bits per heavy atom. The summed E-state index contributed by atoms with van der Waals surface area (Å²) < 4.78 is 0. The van der Waals surface area contributed by atoms with E-state index in [0.717, 1.165) is 13.0 Å². The predicted octanol–water partition coefficient (Wildman–Crippen LogP) is 0.423. The Kier molecular flexibility index (Phi) is 7.01. The molecule has 0 fully saturated rings. The summed E-state index contributed by atoms with van der Waals surface area (Å²) in [6.45, 7) is 5.71. The number of hydrogen-bond acceptors (Lipinski definition) is 2. The highest BCUT2D eigenvalue weighted by Crippen LogP contribution is 1.80. The fourth-order valence-electron chi connectivity index (χ4n) is 0.825. The van der Waals surface area contributed by atoms with Crippen LogP contribution in [-0.4, -0.2) is 44.7 Å². The Morgan fingerprint density at radius 2 is 2.15 bits per heavy atom. The number of rotatable bonds is 6. The monoisotopic (exact) mass is 185 g/mol. The molecule has 13 heavy (non-hydrogen) atoms. The van der Waals surface area contributed by atoms with Gasteiger partial charge in [0.15, 0.2) is 0 Å². The minimum Gasteiger partial charge on any atom is -0.338 e. The van der Waals surface area contributed by atoms with Gasteiger partial charge in [-0.1, -0.05) is 6.08 Å². The van der Waals surface area contributed by atoms with Gasteiger partial charge in [0.1, 0.15) is 0 Å². The van der Waals surface area contributed by atoms with Crippen LogP contribution in [0.4, 0.5) is 4.79 Å². The van der Waals surface area contributed by atoms with Gasteiger partial charge in [0, 0.05) is 13.1 Å². The fourth-order valence-corrected chi connectivity index (χ4v) is 0.825. The minimum absolute atomic E-state index is 0.126. The second-order valence-corrected chi connectivity index (χ2v) is 3.08. The molecule has 0 saturated carbocycles. The molecule has 2 N–H and O–H groups in total. The molecule has 76 valence electrons. The molecule has 0 bridgehead atoms. The quantitative estimate of drug-likeness (QED) is 0.465. The van der Waals surface area contributed by atoms with Gasteiger partial charge in [-0.2, -0.15) is 0 Å². The van der Waals surface area contributed by atoms with Crippen molar-refractivity contribution in [1.29, 1.82) is 0 Å². The first-order valence-electron chi connectivity index (χ1n) is 4.44. The number of nitrogens with one attached hydrogen (secondary N) is 2. The lowest BCUT2D eigenvalue weighted by Crippen LogP contribution is -2.36. The van der Waals surface area contributed by atoms with E-state index in [9.17, 15) is 4.79 Å². The highest BCUT2D eigenvalue weighted by atomic mass is 16.2. The number of amides is 2. The Labute approximate surface area is 80.0 Å². The largest absolute Gasteiger partial charge is 0.338 e. The molecule has 4 nitrogen and oxygen atoms in total. The molecule has 0 heterocycles. The third kappa shape index (κ3) is 8.88. The van der Waals surface area contributed by atoms with E-state index in [2.05, 4.69) is 22.1 Å². The topological polar surface area (TPSA) is 44.4 Å². The molecule has 0 aromatic rings. The van der Waals surface area contributed by atoms with Gasteiger partial charge in [-0.25, -0.2) is 4.79 Å². The van der Waals surface area contributed by atoms with Crippen molar-refractivity contribution in [3.05, 3.63) is 12.7 Å². The summed E-state index contributed by atoms with van der Waals surface area (Å²) in [6.07, 6.45) is 2.62. The SMILES string of the molecule is C=CCNC(=O)NCCCN(C)C. The summed E-state index contributed by atoms with van der Waals surface area (Å²) in [5.41, 5.74) is 0. The highest BCUT2D eigenvalue weighted by molar-refractivity contribution is 5.73. The van der Waals surface area contributed by atoms with E-state index in [1.165, 1.54) is 0 Å². The predicted molar refractivity (Wildman–Crippen MR) is 54.8 cm³/mol. The van der Waals surface area contributed by atoms with E-state index >= 15 is 0 Å². The van der Waals surface area contributed by atoms with E-state index in [4.69, 9.17) is 0 Å². The van der Waals surface area contributed by atoms with Crippen molar-refractivity contribution >= 4 is 6.03 Å². The summed E-state index contributed by atoms with van der Waals surface area (Å²) in [4.78, 5) is 13.0. The van der Waals surface area contributed by atoms with Crippen molar-refractivity contribution in [1.82, 2.24) is 15.5 Å². The Hall–Kier alpha value is -1.03. The normalized spacial score (nSPS) is 9.77. The summed E-state index contributed by atoms with van der Waals surface area (Å²) in [5, 5.41) is 5.39. The molecule has 0 aliphatic heterocycles. The molecule has 0 aromatic carbocycles. The van der Waals surface area contributed by atoms with E-state index in [-0.39, 0.29) is 6.03 Å². The lowest BCUT2D eigenvalue weighted by Gasteiger charge is -2.09. The van der Waals surface area contributed by atoms with Crippen LogP contribution in [-0.2, 0) is 0 Å². The smallest absolute Gasteiger partial charge is 0.315 e. The molecule has 2 amide bonds. The standard InChI is InChI=1S/C9H19N3O/c1-4-6-10-9(13)11-7-5-8-12(2)3/h4H,1,5-8H2,2-3H3,(H2,10,11,13). The molecule has 0 radical (unpaired) electrons. The minimum atomic E-state index is -0.126. The van der Waals surface area contributed by atoms with Crippen molar-refractivity contribution in [3.8, 4) is 0 Å². The lowest BCUT2D eigenvalue weighted by atomic mass is 10.4. The third-order valence-corrected chi connectivity index (χ3v) is 1.47. The molecule has 0 atom stereocenters. The average molecular weight is 185 g/mol. The maximum Gasteiger partial charge on any atom is 0.315 e. The number of carbonyl (C=O) groups excluding carboxylic acids is 1. The fraction of sp³-hybridized carbons (Fsp3) is 0.667. The molecule has 4 heteroatoms. The summed E-state index contributed by atoms with van der Waals surface area (Å²) in [7, 11) is 4.02. The van der Waals surface area contributed by atoms with Crippen molar-refractivity contribution in [2.45, 2.75) is 6.42 Å². The number of carbonyl (C=O) groups is 1. The summed E-state index contributed by atoms with van der Waals surface area (Å²) in [5.74, 6) is 0. The van der Waals surface area contributed by atoms with Crippen LogP contribution in [0.2, 0.25) is 0 Å². The van der Waals surface area contributed by atoms with Gasteiger partial charge >= 0.3 is 6.03 Å². The van der Waals surface area contributed by atoms with Crippen LogP contribution in [0.25, 0.3) is 0 Å². The van der Waals surface area contributed by atoms with E-state index in [1.807, 2.05) is 14.1 Å². The van der Waals surface area contributed by atoms with Crippen LogP contribution in [0.5, 0.6) is 0 Å². The first-order valence-corrected chi connectivity index (χ1v) is 4.44. The molecule has 0 aromatic heterocycles. The Morgan fingerprint density at radius 3 is 2.69 bits per heavy atom. The van der Waals surface area contributed by atoms with E-state index < -0.39 is 0 Å². The second-order valence-electron chi connectivity index (χ2n) is 3.08. The molecule has 0 aliphatic carbocycles. The van der Waals surface area contributed by atoms with E-state index in [1.54, 1.807) is 6.08 Å². The summed E-state index contributed by atoms with van der Waals surface area (Å²) >= 11 is 0. The molecule has 0 aliphatic rings. The lowest BCUT2D eigenvalue weighted by molar-refractivity contribution is 0.241. The van der Waals surface area contributed by atoms with Gasteiger partial charge in [-0.3, -0.25) is 0 Å². The van der Waals surface area contributed by atoms with Crippen molar-refractivity contribution in [3.63, 3.8) is 0 Å². The van der Waals surface area contributed by atoms with Gasteiger partial charge in [-0.15, -0.1) is 6.58 Å². The first kappa shape index (κ1) is 12.0. The molecule has 0 spiro atoms. The molecule has 0 saturated heterocycles. The Bertz CT molecular complexity index is 157. The van der Waals surface area contributed by atoms with Crippen molar-refractivity contribution in [2.75, 3.05) is 33.7 Å². The van der Waals surface area contributed by atoms with Crippen molar-refractivity contribution in [2.24, 2.45) is 0 Å². The van der Waals surface area contributed by atoms with Crippen LogP contribution in [0.15, 0.2) is 12.7 Å². The second kappa shape index (κ2) is 7.61. The maximum absolute atomic E-state index is 11.0. The first-order chi connectivity index (χ1) is 6.16. The van der Waals surface area contributed by atoms with Crippen LogP contribution in [0.1, 0.15) is 6.42 Å². The maximum atomic E-state index is 11.0. The molecule has 0 unspecified atom stereocenters. The molecular weight excluding hydrogens is 166 g/mol. The van der Waals surface area contributed by atoms with Gasteiger partial charge < -0.3 is 15.5 Å². The van der Waals surface area contributed by atoms with Gasteiger partial charge in [0.2, 0.25) is 0 Å². The van der Waals surface area contributed by atoms with E-state index in [0.29, 0.717) is 13.1 Å². The zero-order valence-electron chi connectivity index (χ0n) is 8.47. The molecule has 0 rings (SSSR count). The van der Waals surface area contributed by atoms with Crippen LogP contribution in [0, 0.1) is 0 Å². The highest BCUT2D eigenvalue weighted by Gasteiger charge is 1.96. The summed E-state index contributed by atoms with van der Waals surface area (Å²) in [6, 6.07) is -0.126. The van der Waals surface area contributed by atoms with Gasteiger partial charge in [-0.05, 0) is 27.1 Å². The zero-order chi connectivity index (χ0) is 10.1. The Balaban J connectivity index is 3.21. The van der Waals surface area contributed by atoms with Crippen LogP contribution < -0.4 is 10.6 Å². The number of urea groups is 1. The number of nitrogens with zero attached hydrogens (tertiary/aromatic N) is 1. The van der Waals surface area contributed by atoms with Gasteiger partial charge in [0.05, 0.1) is 0 Å². The van der Waals surface area contributed by atoms with Crippen LogP contribution in [0.3, 0.4) is 0 Å². The third-order valence-electron chi connectivity index (χ3n) is 1.47. The van der Waals surface area contributed by atoms with Crippen molar-refractivity contribution < 1.29 is 4.79 Å². The molecular formula is C9H19N3O.